The fourth-order valence-electron chi connectivity index (χ4n) is 2.35. The van der Waals surface area contributed by atoms with Gasteiger partial charge in [-0.1, -0.05) is 42.5 Å². The van der Waals surface area contributed by atoms with E-state index in [1.54, 1.807) is 0 Å². The standard InChI is InChI=1S/C18H24N2/c1-14(19)8-9-15-10-12-16(13-11-15)17-6-4-5-7-18(17)20(2)3/h4-7,10-14H,8-9,19H2,1-3H3. The van der Waals surface area contributed by atoms with Crippen molar-refractivity contribution in [3.63, 3.8) is 0 Å². The van der Waals surface area contributed by atoms with E-state index >= 15 is 0 Å². The van der Waals surface area contributed by atoms with E-state index in [0.29, 0.717) is 0 Å². The number of rotatable bonds is 5. The summed E-state index contributed by atoms with van der Waals surface area (Å²) in [5, 5.41) is 0. The van der Waals surface area contributed by atoms with Crippen molar-refractivity contribution in [2.45, 2.75) is 25.8 Å². The number of benzene rings is 2. The average Bonchev–Trinajstić information content (AvgIpc) is 2.45. The molecule has 0 bridgehead atoms. The van der Waals surface area contributed by atoms with Crippen molar-refractivity contribution < 1.29 is 0 Å². The van der Waals surface area contributed by atoms with Gasteiger partial charge in [-0.2, -0.15) is 0 Å². The number of hydrogen-bond donors (Lipinski definition) is 1. The van der Waals surface area contributed by atoms with E-state index in [-0.39, 0.29) is 6.04 Å². The van der Waals surface area contributed by atoms with Crippen LogP contribution in [-0.2, 0) is 6.42 Å². The first-order valence-corrected chi connectivity index (χ1v) is 7.19. The first-order valence-electron chi connectivity index (χ1n) is 7.19. The largest absolute Gasteiger partial charge is 0.377 e. The van der Waals surface area contributed by atoms with Crippen LogP contribution in [0, 0.1) is 0 Å². The molecule has 2 aromatic rings. The van der Waals surface area contributed by atoms with Crippen molar-refractivity contribution in [2.24, 2.45) is 5.73 Å². The van der Waals surface area contributed by atoms with Crippen molar-refractivity contribution in [3.8, 4) is 11.1 Å². The molecule has 0 heterocycles. The zero-order valence-corrected chi connectivity index (χ0v) is 12.6. The predicted molar refractivity (Wildman–Crippen MR) is 88.2 cm³/mol. The van der Waals surface area contributed by atoms with Gasteiger partial charge in [0.05, 0.1) is 0 Å². The van der Waals surface area contributed by atoms with Crippen molar-refractivity contribution in [1.82, 2.24) is 0 Å². The van der Waals surface area contributed by atoms with Gasteiger partial charge in [0.15, 0.2) is 0 Å². The summed E-state index contributed by atoms with van der Waals surface area (Å²) in [5.41, 5.74) is 10.9. The summed E-state index contributed by atoms with van der Waals surface area (Å²) in [7, 11) is 4.16. The monoisotopic (exact) mass is 268 g/mol. The van der Waals surface area contributed by atoms with Gasteiger partial charge in [-0.25, -0.2) is 0 Å². The summed E-state index contributed by atoms with van der Waals surface area (Å²) in [5.74, 6) is 0. The lowest BCUT2D eigenvalue weighted by Crippen LogP contribution is -2.15. The summed E-state index contributed by atoms with van der Waals surface area (Å²) in [6.45, 7) is 2.06. The molecule has 0 aliphatic carbocycles. The molecular formula is C18H24N2. The molecule has 0 aliphatic heterocycles. The SMILES string of the molecule is CC(N)CCc1ccc(-c2ccccc2N(C)C)cc1. The lowest BCUT2D eigenvalue weighted by Gasteiger charge is -2.17. The second-order valence-electron chi connectivity index (χ2n) is 5.62. The number of hydrogen-bond acceptors (Lipinski definition) is 2. The fraction of sp³-hybridized carbons (Fsp3) is 0.333. The molecule has 0 aliphatic rings. The first kappa shape index (κ1) is 14.6. The van der Waals surface area contributed by atoms with E-state index < -0.39 is 0 Å². The summed E-state index contributed by atoms with van der Waals surface area (Å²) in [4.78, 5) is 2.15. The Morgan fingerprint density at radius 2 is 1.65 bits per heavy atom. The van der Waals surface area contributed by atoms with Crippen LogP contribution in [0.3, 0.4) is 0 Å². The molecule has 2 rings (SSSR count). The van der Waals surface area contributed by atoms with Crippen molar-refractivity contribution in [1.29, 1.82) is 0 Å². The van der Waals surface area contributed by atoms with Gasteiger partial charge < -0.3 is 10.6 Å². The Bertz CT molecular complexity index is 542. The van der Waals surface area contributed by atoms with Gasteiger partial charge in [-0.15, -0.1) is 0 Å². The number of para-hydroxylation sites is 1. The molecule has 1 unspecified atom stereocenters. The number of anilines is 1. The minimum Gasteiger partial charge on any atom is -0.377 e. The van der Waals surface area contributed by atoms with E-state index in [9.17, 15) is 0 Å². The van der Waals surface area contributed by atoms with Crippen LogP contribution in [0.2, 0.25) is 0 Å². The Balaban J connectivity index is 2.22. The van der Waals surface area contributed by atoms with Crippen molar-refractivity contribution in [2.75, 3.05) is 19.0 Å². The highest BCUT2D eigenvalue weighted by molar-refractivity contribution is 5.78. The minimum absolute atomic E-state index is 0.268. The van der Waals surface area contributed by atoms with Crippen molar-refractivity contribution in [3.05, 3.63) is 54.1 Å². The molecule has 0 saturated heterocycles. The Hall–Kier alpha value is -1.80. The average molecular weight is 268 g/mol. The Labute approximate surface area is 122 Å². The van der Waals surface area contributed by atoms with Crippen LogP contribution in [0.5, 0.6) is 0 Å². The fourth-order valence-corrected chi connectivity index (χ4v) is 2.35. The third-order valence-corrected chi connectivity index (χ3v) is 3.54. The number of nitrogens with zero attached hydrogens (tertiary/aromatic N) is 1. The van der Waals surface area contributed by atoms with Crippen LogP contribution in [0.1, 0.15) is 18.9 Å². The van der Waals surface area contributed by atoms with Gasteiger partial charge in [-0.3, -0.25) is 0 Å². The molecule has 0 saturated carbocycles. The van der Waals surface area contributed by atoms with E-state index in [2.05, 4.69) is 74.4 Å². The third-order valence-electron chi connectivity index (χ3n) is 3.54. The molecular weight excluding hydrogens is 244 g/mol. The van der Waals surface area contributed by atoms with Crippen LogP contribution in [0.4, 0.5) is 5.69 Å². The van der Waals surface area contributed by atoms with Crippen LogP contribution >= 0.6 is 0 Å². The minimum atomic E-state index is 0.268. The van der Waals surface area contributed by atoms with Gasteiger partial charge in [-0.05, 0) is 37.0 Å². The highest BCUT2D eigenvalue weighted by atomic mass is 15.1. The Morgan fingerprint density at radius 3 is 2.25 bits per heavy atom. The summed E-state index contributed by atoms with van der Waals surface area (Å²) in [6.07, 6.45) is 2.08. The lowest BCUT2D eigenvalue weighted by atomic mass is 9.99. The second kappa shape index (κ2) is 6.58. The van der Waals surface area contributed by atoms with Crippen LogP contribution in [0.15, 0.2) is 48.5 Å². The molecule has 0 radical (unpaired) electrons. The van der Waals surface area contributed by atoms with Crippen LogP contribution < -0.4 is 10.6 Å². The highest BCUT2D eigenvalue weighted by Gasteiger charge is 2.06. The Kier molecular flexibility index (Phi) is 4.80. The second-order valence-corrected chi connectivity index (χ2v) is 5.62. The van der Waals surface area contributed by atoms with Gasteiger partial charge in [0, 0.05) is 31.4 Å². The first-order chi connectivity index (χ1) is 9.58. The molecule has 0 spiro atoms. The molecule has 0 fully saturated rings. The molecule has 0 amide bonds. The topological polar surface area (TPSA) is 29.3 Å². The molecule has 2 nitrogen and oxygen atoms in total. The zero-order chi connectivity index (χ0) is 14.5. The smallest absolute Gasteiger partial charge is 0.0440 e. The lowest BCUT2D eigenvalue weighted by molar-refractivity contribution is 0.666. The molecule has 0 aromatic heterocycles. The maximum Gasteiger partial charge on any atom is 0.0440 e. The summed E-state index contributed by atoms with van der Waals surface area (Å²) in [6, 6.07) is 17.6. The normalized spacial score (nSPS) is 12.2. The molecule has 1 atom stereocenters. The molecule has 2 heteroatoms. The molecule has 20 heavy (non-hydrogen) atoms. The van der Waals surface area contributed by atoms with Crippen LogP contribution in [0.25, 0.3) is 11.1 Å². The molecule has 2 aromatic carbocycles. The quantitative estimate of drug-likeness (QED) is 0.896. The van der Waals surface area contributed by atoms with E-state index in [1.165, 1.54) is 22.4 Å². The summed E-state index contributed by atoms with van der Waals surface area (Å²) >= 11 is 0. The van der Waals surface area contributed by atoms with Gasteiger partial charge in [0.2, 0.25) is 0 Å². The molecule has 106 valence electrons. The van der Waals surface area contributed by atoms with Crippen molar-refractivity contribution >= 4 is 5.69 Å². The van der Waals surface area contributed by atoms with Gasteiger partial charge >= 0.3 is 0 Å². The van der Waals surface area contributed by atoms with E-state index in [0.717, 1.165) is 12.8 Å². The number of aryl methyl sites for hydroxylation is 1. The summed E-state index contributed by atoms with van der Waals surface area (Å²) < 4.78 is 0. The van der Waals surface area contributed by atoms with E-state index in [1.807, 2.05) is 0 Å². The maximum atomic E-state index is 5.81. The Morgan fingerprint density at radius 1 is 1.00 bits per heavy atom. The van der Waals surface area contributed by atoms with Gasteiger partial charge in [0.25, 0.3) is 0 Å². The van der Waals surface area contributed by atoms with E-state index in [4.69, 9.17) is 5.73 Å². The highest BCUT2D eigenvalue weighted by Crippen LogP contribution is 2.29. The zero-order valence-electron chi connectivity index (χ0n) is 12.6. The third kappa shape index (κ3) is 3.61. The maximum absolute atomic E-state index is 5.81. The van der Waals surface area contributed by atoms with Crippen LogP contribution in [-0.4, -0.2) is 20.1 Å². The molecule has 2 N–H and O–H groups in total. The number of nitrogens with two attached hydrogens (primary N) is 1. The predicted octanol–water partition coefficient (Wildman–Crippen LogP) is 3.70. The van der Waals surface area contributed by atoms with Gasteiger partial charge in [0.1, 0.15) is 0 Å².